The number of methoxy groups -OCH3 is 1. The Balaban J connectivity index is 2.01. The standard InChI is InChI=1S/C14H20FNO2/c1-18-13-6-4-5-11(15)14(13)12(17)7-10-16-8-2-3-9-16/h4-6,12,17H,2-3,7-10H2,1H3. The summed E-state index contributed by atoms with van der Waals surface area (Å²) in [6, 6.07) is 4.62. The van der Waals surface area contributed by atoms with Crippen LogP contribution in [0.2, 0.25) is 0 Å². The first-order chi connectivity index (χ1) is 8.72. The Morgan fingerprint density at radius 1 is 1.39 bits per heavy atom. The lowest BCUT2D eigenvalue weighted by atomic mass is 10.0. The Hall–Kier alpha value is -1.13. The largest absolute Gasteiger partial charge is 0.496 e. The van der Waals surface area contributed by atoms with Crippen molar-refractivity contribution in [2.75, 3.05) is 26.7 Å². The zero-order valence-corrected chi connectivity index (χ0v) is 10.7. The Morgan fingerprint density at radius 2 is 2.11 bits per heavy atom. The highest BCUT2D eigenvalue weighted by Gasteiger charge is 2.20. The van der Waals surface area contributed by atoms with Gasteiger partial charge in [0, 0.05) is 6.54 Å². The van der Waals surface area contributed by atoms with Crippen LogP contribution in [0.25, 0.3) is 0 Å². The van der Waals surface area contributed by atoms with Crippen molar-refractivity contribution >= 4 is 0 Å². The number of aliphatic hydroxyl groups excluding tert-OH is 1. The summed E-state index contributed by atoms with van der Waals surface area (Å²) in [6.07, 6.45) is 2.18. The van der Waals surface area contributed by atoms with Gasteiger partial charge in [-0.2, -0.15) is 0 Å². The Bertz CT molecular complexity index is 391. The van der Waals surface area contributed by atoms with Gasteiger partial charge in [0.05, 0.1) is 18.8 Å². The number of aliphatic hydroxyl groups is 1. The van der Waals surface area contributed by atoms with Crippen LogP contribution in [0.4, 0.5) is 4.39 Å². The van der Waals surface area contributed by atoms with Crippen molar-refractivity contribution in [2.24, 2.45) is 0 Å². The quantitative estimate of drug-likeness (QED) is 0.874. The van der Waals surface area contributed by atoms with Gasteiger partial charge >= 0.3 is 0 Å². The molecule has 1 N–H and O–H groups in total. The van der Waals surface area contributed by atoms with E-state index in [0.29, 0.717) is 12.2 Å². The molecule has 0 spiro atoms. The zero-order valence-electron chi connectivity index (χ0n) is 10.7. The Kier molecular flexibility index (Phi) is 4.55. The van der Waals surface area contributed by atoms with Crippen LogP contribution in [0.15, 0.2) is 18.2 Å². The molecule has 0 saturated carbocycles. The third-order valence-electron chi connectivity index (χ3n) is 3.48. The van der Waals surface area contributed by atoms with Gasteiger partial charge in [-0.1, -0.05) is 6.07 Å². The molecule has 100 valence electrons. The maximum Gasteiger partial charge on any atom is 0.132 e. The molecule has 18 heavy (non-hydrogen) atoms. The van der Waals surface area contributed by atoms with E-state index in [9.17, 15) is 9.50 Å². The summed E-state index contributed by atoms with van der Waals surface area (Å²) in [5, 5.41) is 10.1. The number of halogens is 1. The van der Waals surface area contributed by atoms with E-state index in [1.807, 2.05) is 0 Å². The summed E-state index contributed by atoms with van der Waals surface area (Å²) in [7, 11) is 1.49. The van der Waals surface area contributed by atoms with Crippen LogP contribution in [0.5, 0.6) is 5.75 Å². The smallest absolute Gasteiger partial charge is 0.132 e. The summed E-state index contributed by atoms with van der Waals surface area (Å²) in [4.78, 5) is 2.30. The topological polar surface area (TPSA) is 32.7 Å². The summed E-state index contributed by atoms with van der Waals surface area (Å²) in [6.45, 7) is 2.97. The number of nitrogens with zero attached hydrogens (tertiary/aromatic N) is 1. The summed E-state index contributed by atoms with van der Waals surface area (Å²) >= 11 is 0. The number of rotatable bonds is 5. The molecule has 1 aliphatic heterocycles. The van der Waals surface area contributed by atoms with E-state index >= 15 is 0 Å². The minimum Gasteiger partial charge on any atom is -0.496 e. The Labute approximate surface area is 107 Å². The van der Waals surface area contributed by atoms with Crippen molar-refractivity contribution in [1.29, 1.82) is 0 Å². The molecule has 0 amide bonds. The van der Waals surface area contributed by atoms with Crippen LogP contribution in [0.3, 0.4) is 0 Å². The number of benzene rings is 1. The van der Waals surface area contributed by atoms with Gasteiger partial charge < -0.3 is 14.7 Å². The molecule has 1 atom stereocenters. The average Bonchev–Trinajstić information content (AvgIpc) is 2.88. The van der Waals surface area contributed by atoms with Gasteiger partial charge in [-0.3, -0.25) is 0 Å². The molecule has 0 bridgehead atoms. The molecule has 1 aliphatic rings. The first-order valence-electron chi connectivity index (χ1n) is 6.45. The van der Waals surface area contributed by atoms with Crippen molar-refractivity contribution in [3.63, 3.8) is 0 Å². The molecule has 1 heterocycles. The zero-order chi connectivity index (χ0) is 13.0. The normalized spacial score (nSPS) is 17.9. The van der Waals surface area contributed by atoms with Crippen molar-refractivity contribution in [1.82, 2.24) is 4.90 Å². The average molecular weight is 253 g/mol. The summed E-state index contributed by atoms with van der Waals surface area (Å²) in [5.41, 5.74) is 0.277. The summed E-state index contributed by atoms with van der Waals surface area (Å²) in [5.74, 6) is 0.0205. The number of hydrogen-bond acceptors (Lipinski definition) is 3. The predicted molar refractivity (Wildman–Crippen MR) is 68.2 cm³/mol. The van der Waals surface area contributed by atoms with Crippen molar-refractivity contribution in [3.8, 4) is 5.75 Å². The van der Waals surface area contributed by atoms with E-state index in [-0.39, 0.29) is 5.56 Å². The second-order valence-electron chi connectivity index (χ2n) is 4.71. The molecule has 0 aliphatic carbocycles. The lowest BCUT2D eigenvalue weighted by Gasteiger charge is -2.19. The van der Waals surface area contributed by atoms with Gasteiger partial charge in [0.1, 0.15) is 11.6 Å². The minimum atomic E-state index is -0.804. The first kappa shape index (κ1) is 13.3. The van der Waals surface area contributed by atoms with Gasteiger partial charge in [0.15, 0.2) is 0 Å². The second kappa shape index (κ2) is 6.16. The summed E-state index contributed by atoms with van der Waals surface area (Å²) < 4.78 is 18.8. The molecule has 1 unspecified atom stereocenters. The van der Waals surface area contributed by atoms with Crippen LogP contribution >= 0.6 is 0 Å². The van der Waals surface area contributed by atoms with Crippen molar-refractivity contribution in [3.05, 3.63) is 29.6 Å². The maximum absolute atomic E-state index is 13.7. The fourth-order valence-corrected chi connectivity index (χ4v) is 2.47. The van der Waals surface area contributed by atoms with Gasteiger partial charge in [0.2, 0.25) is 0 Å². The predicted octanol–water partition coefficient (Wildman–Crippen LogP) is 2.35. The van der Waals surface area contributed by atoms with Gasteiger partial charge in [0.25, 0.3) is 0 Å². The Morgan fingerprint density at radius 3 is 2.78 bits per heavy atom. The molecular formula is C14H20FNO2. The lowest BCUT2D eigenvalue weighted by molar-refractivity contribution is 0.141. The molecule has 1 saturated heterocycles. The van der Waals surface area contributed by atoms with Gasteiger partial charge in [-0.15, -0.1) is 0 Å². The number of likely N-dealkylation sites (tertiary alicyclic amines) is 1. The van der Waals surface area contributed by atoms with E-state index in [1.54, 1.807) is 12.1 Å². The molecule has 0 aromatic heterocycles. The van der Waals surface area contributed by atoms with E-state index in [4.69, 9.17) is 4.74 Å². The first-order valence-corrected chi connectivity index (χ1v) is 6.45. The fraction of sp³-hybridized carbons (Fsp3) is 0.571. The highest BCUT2D eigenvalue weighted by Crippen LogP contribution is 2.30. The molecule has 2 rings (SSSR count). The number of hydrogen-bond donors (Lipinski definition) is 1. The maximum atomic E-state index is 13.7. The SMILES string of the molecule is COc1cccc(F)c1C(O)CCN1CCCC1. The fourth-order valence-electron chi connectivity index (χ4n) is 2.47. The molecule has 4 heteroatoms. The van der Waals surface area contributed by atoms with E-state index in [2.05, 4.69) is 4.90 Å². The molecule has 1 aromatic rings. The second-order valence-corrected chi connectivity index (χ2v) is 4.71. The van der Waals surface area contributed by atoms with E-state index in [1.165, 1.54) is 26.0 Å². The highest BCUT2D eigenvalue weighted by atomic mass is 19.1. The van der Waals surface area contributed by atoms with Gasteiger partial charge in [-0.25, -0.2) is 4.39 Å². The third-order valence-corrected chi connectivity index (χ3v) is 3.48. The van der Waals surface area contributed by atoms with Crippen LogP contribution in [-0.2, 0) is 0 Å². The molecule has 3 nitrogen and oxygen atoms in total. The van der Waals surface area contributed by atoms with Crippen LogP contribution < -0.4 is 4.74 Å². The number of ether oxygens (including phenoxy) is 1. The van der Waals surface area contributed by atoms with Crippen LogP contribution in [0, 0.1) is 5.82 Å². The monoisotopic (exact) mass is 253 g/mol. The minimum absolute atomic E-state index is 0.277. The van der Waals surface area contributed by atoms with E-state index < -0.39 is 11.9 Å². The molecule has 0 radical (unpaired) electrons. The molecule has 1 fully saturated rings. The highest BCUT2D eigenvalue weighted by molar-refractivity contribution is 5.36. The van der Waals surface area contributed by atoms with Gasteiger partial charge in [-0.05, 0) is 44.5 Å². The van der Waals surface area contributed by atoms with Crippen molar-refractivity contribution < 1.29 is 14.2 Å². The van der Waals surface area contributed by atoms with E-state index in [0.717, 1.165) is 19.6 Å². The van der Waals surface area contributed by atoms with Crippen molar-refractivity contribution in [2.45, 2.75) is 25.4 Å². The van der Waals surface area contributed by atoms with Crippen LogP contribution in [-0.4, -0.2) is 36.8 Å². The molecular weight excluding hydrogens is 233 g/mol. The van der Waals surface area contributed by atoms with Crippen LogP contribution in [0.1, 0.15) is 30.9 Å². The molecule has 1 aromatic carbocycles. The third kappa shape index (κ3) is 3.00. The lowest BCUT2D eigenvalue weighted by Crippen LogP contribution is -2.22.